The molecule has 0 bridgehead atoms. The van der Waals surface area contributed by atoms with Gasteiger partial charge in [0, 0.05) is 13.2 Å². The second kappa shape index (κ2) is 6.72. The molecule has 8 nitrogen and oxygen atoms in total. The van der Waals surface area contributed by atoms with Gasteiger partial charge < -0.3 is 10.1 Å². The molecule has 2 aromatic heterocycles. The molecule has 1 amide bonds. The molecule has 0 aliphatic rings. The molecule has 2 heterocycles. The van der Waals surface area contributed by atoms with Gasteiger partial charge in [0.2, 0.25) is 5.91 Å². The molecule has 24 heavy (non-hydrogen) atoms. The molecule has 0 aliphatic carbocycles. The molecule has 0 radical (unpaired) electrons. The Bertz CT molecular complexity index is 750. The second-order valence-corrected chi connectivity index (χ2v) is 4.70. The summed E-state index contributed by atoms with van der Waals surface area (Å²) in [7, 11) is 1.49. The molecule has 130 valence electrons. The SMILES string of the molecule is CCOC(=O)c1cnn(C)c1NC(=O)Cn1ccc(C(F)(F)F)n1. The van der Waals surface area contributed by atoms with E-state index >= 15 is 0 Å². The van der Waals surface area contributed by atoms with Crippen LogP contribution in [0.3, 0.4) is 0 Å². The van der Waals surface area contributed by atoms with Crippen molar-refractivity contribution in [1.29, 1.82) is 0 Å². The fourth-order valence-electron chi connectivity index (χ4n) is 1.86. The van der Waals surface area contributed by atoms with Crippen LogP contribution < -0.4 is 5.32 Å². The first-order valence-electron chi connectivity index (χ1n) is 6.82. The lowest BCUT2D eigenvalue weighted by Crippen LogP contribution is -2.22. The van der Waals surface area contributed by atoms with Gasteiger partial charge >= 0.3 is 12.1 Å². The Morgan fingerprint density at radius 3 is 2.67 bits per heavy atom. The first-order valence-corrected chi connectivity index (χ1v) is 6.82. The summed E-state index contributed by atoms with van der Waals surface area (Å²) in [5.41, 5.74) is -1.05. The number of halogens is 3. The van der Waals surface area contributed by atoms with Crippen LogP contribution >= 0.6 is 0 Å². The molecule has 0 saturated heterocycles. The van der Waals surface area contributed by atoms with Crippen molar-refractivity contribution in [3.8, 4) is 0 Å². The molecule has 2 aromatic rings. The molecule has 0 unspecified atom stereocenters. The summed E-state index contributed by atoms with van der Waals surface area (Å²) in [5, 5.41) is 9.54. The number of hydrogen-bond donors (Lipinski definition) is 1. The van der Waals surface area contributed by atoms with E-state index in [4.69, 9.17) is 4.74 Å². The van der Waals surface area contributed by atoms with E-state index in [1.54, 1.807) is 6.92 Å². The third-order valence-corrected chi connectivity index (χ3v) is 2.93. The van der Waals surface area contributed by atoms with Crippen LogP contribution in [-0.2, 0) is 29.3 Å². The van der Waals surface area contributed by atoms with E-state index in [2.05, 4.69) is 15.5 Å². The zero-order valence-electron chi connectivity index (χ0n) is 12.8. The normalized spacial score (nSPS) is 11.4. The summed E-state index contributed by atoms with van der Waals surface area (Å²) in [6, 6.07) is 0.765. The summed E-state index contributed by atoms with van der Waals surface area (Å²) in [4.78, 5) is 23.7. The first kappa shape index (κ1) is 17.5. The molecule has 0 aliphatic heterocycles. The highest BCUT2D eigenvalue weighted by atomic mass is 19.4. The summed E-state index contributed by atoms with van der Waals surface area (Å²) in [5.74, 6) is -1.25. The van der Waals surface area contributed by atoms with Crippen LogP contribution in [0.5, 0.6) is 0 Å². The van der Waals surface area contributed by atoms with Crippen LogP contribution in [0, 0.1) is 0 Å². The molecule has 0 spiro atoms. The molecule has 2 rings (SSSR count). The van der Waals surface area contributed by atoms with Gasteiger partial charge in [-0.2, -0.15) is 23.4 Å². The standard InChI is InChI=1S/C13H14F3N5O3/c1-3-24-12(23)8-6-17-20(2)11(8)18-10(22)7-21-5-4-9(19-21)13(14,15)16/h4-6H,3,7H2,1-2H3,(H,18,22). The van der Waals surface area contributed by atoms with Gasteiger partial charge in [-0.1, -0.05) is 0 Å². The number of aromatic nitrogens is 4. The molecule has 0 atom stereocenters. The van der Waals surface area contributed by atoms with Crippen molar-refractivity contribution >= 4 is 17.7 Å². The van der Waals surface area contributed by atoms with E-state index in [0.717, 1.165) is 16.9 Å². The highest BCUT2D eigenvalue weighted by Gasteiger charge is 2.33. The van der Waals surface area contributed by atoms with Crippen LogP contribution in [0.15, 0.2) is 18.5 Å². The summed E-state index contributed by atoms with van der Waals surface area (Å²) in [6.07, 6.45) is -2.32. The Morgan fingerprint density at radius 2 is 2.08 bits per heavy atom. The maximum atomic E-state index is 12.5. The van der Waals surface area contributed by atoms with Crippen LogP contribution in [0.1, 0.15) is 23.0 Å². The first-order chi connectivity index (χ1) is 11.2. The molecule has 11 heteroatoms. The highest BCUT2D eigenvalue weighted by Crippen LogP contribution is 2.27. The number of anilines is 1. The molecular formula is C13H14F3N5O3. The summed E-state index contributed by atoms with van der Waals surface area (Å²) in [6.45, 7) is 1.32. The van der Waals surface area contributed by atoms with Crippen molar-refractivity contribution < 1.29 is 27.5 Å². The zero-order chi connectivity index (χ0) is 17.9. The fourth-order valence-corrected chi connectivity index (χ4v) is 1.86. The van der Waals surface area contributed by atoms with Gasteiger partial charge in [-0.15, -0.1) is 0 Å². The van der Waals surface area contributed by atoms with Crippen LogP contribution in [0.4, 0.5) is 19.0 Å². The molecule has 0 fully saturated rings. The number of rotatable bonds is 5. The number of esters is 1. The van der Waals surface area contributed by atoms with Crippen molar-refractivity contribution in [2.45, 2.75) is 19.6 Å². The number of hydrogen-bond acceptors (Lipinski definition) is 5. The Balaban J connectivity index is 2.09. The Morgan fingerprint density at radius 1 is 1.38 bits per heavy atom. The van der Waals surface area contributed by atoms with Crippen molar-refractivity contribution in [2.75, 3.05) is 11.9 Å². The van der Waals surface area contributed by atoms with E-state index in [9.17, 15) is 22.8 Å². The summed E-state index contributed by atoms with van der Waals surface area (Å²) >= 11 is 0. The molecule has 0 saturated carbocycles. The predicted octanol–water partition coefficient (Wildman–Crippen LogP) is 1.45. The van der Waals surface area contributed by atoms with Gasteiger partial charge in [0.15, 0.2) is 5.69 Å². The number of alkyl halides is 3. The Labute approximate surface area is 134 Å². The lowest BCUT2D eigenvalue weighted by atomic mass is 10.3. The van der Waals surface area contributed by atoms with E-state index in [1.807, 2.05) is 0 Å². The van der Waals surface area contributed by atoms with Crippen molar-refractivity contribution in [3.05, 3.63) is 29.7 Å². The quantitative estimate of drug-likeness (QED) is 0.828. The number of nitrogens with zero attached hydrogens (tertiary/aromatic N) is 4. The Hall–Kier alpha value is -2.85. The van der Waals surface area contributed by atoms with Gasteiger partial charge in [-0.25, -0.2) is 4.79 Å². The predicted molar refractivity (Wildman–Crippen MR) is 75.0 cm³/mol. The summed E-state index contributed by atoms with van der Waals surface area (Å²) < 4.78 is 44.3. The lowest BCUT2D eigenvalue weighted by molar-refractivity contribution is -0.141. The number of carbonyl (C=O) groups is 2. The van der Waals surface area contributed by atoms with Crippen LogP contribution in [0.2, 0.25) is 0 Å². The molecule has 1 N–H and O–H groups in total. The van der Waals surface area contributed by atoms with Crippen molar-refractivity contribution in [3.63, 3.8) is 0 Å². The lowest BCUT2D eigenvalue weighted by Gasteiger charge is -2.08. The second-order valence-electron chi connectivity index (χ2n) is 4.70. The van der Waals surface area contributed by atoms with Crippen molar-refractivity contribution in [2.24, 2.45) is 7.05 Å². The number of carbonyl (C=O) groups excluding carboxylic acids is 2. The highest BCUT2D eigenvalue weighted by molar-refractivity contribution is 6.00. The average molecular weight is 345 g/mol. The van der Waals surface area contributed by atoms with Crippen LogP contribution in [0.25, 0.3) is 0 Å². The molecular weight excluding hydrogens is 331 g/mol. The number of nitrogens with one attached hydrogen (secondary N) is 1. The van der Waals surface area contributed by atoms with E-state index in [-0.39, 0.29) is 18.0 Å². The monoisotopic (exact) mass is 345 g/mol. The number of ether oxygens (including phenoxy) is 1. The van der Waals surface area contributed by atoms with Crippen LogP contribution in [-0.4, -0.2) is 38.0 Å². The van der Waals surface area contributed by atoms with Crippen molar-refractivity contribution in [1.82, 2.24) is 19.6 Å². The minimum absolute atomic E-state index is 0.0455. The van der Waals surface area contributed by atoms with E-state index in [0.29, 0.717) is 0 Å². The number of aryl methyl sites for hydroxylation is 1. The maximum Gasteiger partial charge on any atom is 0.435 e. The minimum Gasteiger partial charge on any atom is -0.462 e. The topological polar surface area (TPSA) is 91.0 Å². The van der Waals surface area contributed by atoms with E-state index in [1.165, 1.54) is 17.9 Å². The largest absolute Gasteiger partial charge is 0.462 e. The zero-order valence-corrected chi connectivity index (χ0v) is 12.8. The third kappa shape index (κ3) is 3.91. The van der Waals surface area contributed by atoms with Gasteiger partial charge in [0.25, 0.3) is 0 Å². The van der Waals surface area contributed by atoms with E-state index < -0.39 is 30.3 Å². The third-order valence-electron chi connectivity index (χ3n) is 2.93. The molecule has 0 aromatic carbocycles. The minimum atomic E-state index is -4.58. The van der Waals surface area contributed by atoms with Gasteiger partial charge in [0.1, 0.15) is 17.9 Å². The number of amides is 1. The smallest absolute Gasteiger partial charge is 0.435 e. The van der Waals surface area contributed by atoms with Gasteiger partial charge in [-0.05, 0) is 13.0 Å². The fraction of sp³-hybridized carbons (Fsp3) is 0.385. The average Bonchev–Trinajstić information content (AvgIpc) is 3.07. The maximum absolute atomic E-state index is 12.5. The van der Waals surface area contributed by atoms with Gasteiger partial charge in [-0.3, -0.25) is 14.2 Å². The Kier molecular flexibility index (Phi) is 4.90. The van der Waals surface area contributed by atoms with Gasteiger partial charge in [0.05, 0.1) is 12.8 Å².